The molecule has 0 saturated heterocycles. The molecule has 0 saturated carbocycles. The lowest BCUT2D eigenvalue weighted by Crippen LogP contribution is -1.96. The van der Waals surface area contributed by atoms with Gasteiger partial charge in [0.1, 0.15) is 6.07 Å². The molecule has 0 heterocycles. The Kier molecular flexibility index (Phi) is 4.71. The summed E-state index contributed by atoms with van der Waals surface area (Å²) in [6.07, 6.45) is 1.13. The molecule has 0 amide bonds. The highest BCUT2D eigenvalue weighted by Gasteiger charge is 2.13. The molecule has 0 radical (unpaired) electrons. The van der Waals surface area contributed by atoms with Gasteiger partial charge in [0.15, 0.2) is 15.7 Å². The van der Waals surface area contributed by atoms with Gasteiger partial charge in [-0.15, -0.1) is 0 Å². The molecule has 0 unspecified atom stereocenters. The van der Waals surface area contributed by atoms with Crippen LogP contribution in [0.1, 0.15) is 5.56 Å². The smallest absolute Gasteiger partial charge is 0.175 e. The number of halogens is 2. The number of rotatable bonds is 3. The zero-order valence-electron chi connectivity index (χ0n) is 10.8. The van der Waals surface area contributed by atoms with Gasteiger partial charge in [-0.2, -0.15) is 5.26 Å². The zero-order valence-corrected chi connectivity index (χ0v) is 14.0. The highest BCUT2D eigenvalue weighted by Crippen LogP contribution is 2.34. The Labute approximate surface area is 134 Å². The Morgan fingerprint density at radius 1 is 1.19 bits per heavy atom. The maximum Gasteiger partial charge on any atom is 0.175 e. The lowest BCUT2D eigenvalue weighted by Gasteiger charge is -2.06. The first-order valence-corrected chi connectivity index (χ1v) is 9.19. The molecule has 0 aliphatic carbocycles. The number of nitriles is 1. The van der Waals surface area contributed by atoms with Crippen LogP contribution in [0.15, 0.2) is 55.6 Å². The molecule has 2 aromatic rings. The molecule has 0 fully saturated rings. The van der Waals surface area contributed by atoms with Crippen LogP contribution in [0, 0.1) is 17.1 Å². The Hall–Kier alpha value is -1.36. The van der Waals surface area contributed by atoms with Crippen LogP contribution in [0.3, 0.4) is 0 Å². The second-order valence-corrected chi connectivity index (χ2v) is 8.12. The van der Waals surface area contributed by atoms with Gasteiger partial charge in [0.25, 0.3) is 0 Å². The van der Waals surface area contributed by atoms with Crippen molar-refractivity contribution < 1.29 is 12.8 Å². The lowest BCUT2D eigenvalue weighted by atomic mass is 10.2. The van der Waals surface area contributed by atoms with Gasteiger partial charge < -0.3 is 0 Å². The molecule has 3 nitrogen and oxygen atoms in total. The predicted molar refractivity (Wildman–Crippen MR) is 82.5 cm³/mol. The summed E-state index contributed by atoms with van der Waals surface area (Å²) in [5, 5.41) is 8.82. The molecule has 0 aliphatic heterocycles. The van der Waals surface area contributed by atoms with Crippen LogP contribution in [0.2, 0.25) is 0 Å². The van der Waals surface area contributed by atoms with E-state index < -0.39 is 15.7 Å². The third-order valence-electron chi connectivity index (χ3n) is 2.65. The summed E-state index contributed by atoms with van der Waals surface area (Å²) in [5.41, 5.74) is 0.226. The first kappa shape index (κ1) is 16.0. The zero-order chi connectivity index (χ0) is 15.6. The van der Waals surface area contributed by atoms with E-state index in [0.29, 0.717) is 9.79 Å². The minimum Gasteiger partial charge on any atom is -0.224 e. The Balaban J connectivity index is 2.31. The van der Waals surface area contributed by atoms with E-state index in [4.69, 9.17) is 5.26 Å². The van der Waals surface area contributed by atoms with Crippen molar-refractivity contribution in [1.82, 2.24) is 0 Å². The maximum absolute atomic E-state index is 14.1. The van der Waals surface area contributed by atoms with E-state index in [0.717, 1.165) is 18.0 Å². The van der Waals surface area contributed by atoms with Crippen molar-refractivity contribution in [3.05, 3.63) is 52.3 Å². The van der Waals surface area contributed by atoms with Crippen LogP contribution < -0.4 is 0 Å². The molecular weight excluding hydrogens is 377 g/mol. The van der Waals surface area contributed by atoms with Crippen molar-refractivity contribution in [2.24, 2.45) is 0 Å². The molecule has 0 N–H and O–H groups in total. The summed E-state index contributed by atoms with van der Waals surface area (Å²) < 4.78 is 37.0. The standard InChI is InChI=1S/C14H9BrFNO2S2/c1-21(18,19)11-5-3-10(4-6-11)20-12-7-2-9(8-17)13(15)14(12)16/h2-7H,1H3. The molecule has 21 heavy (non-hydrogen) atoms. The summed E-state index contributed by atoms with van der Waals surface area (Å²) in [4.78, 5) is 1.28. The molecular formula is C14H9BrFNO2S2. The first-order chi connectivity index (χ1) is 9.82. The number of nitrogens with zero attached hydrogens (tertiary/aromatic N) is 1. The fourth-order valence-corrected chi connectivity index (χ4v) is 3.63. The third-order valence-corrected chi connectivity index (χ3v) is 5.59. The lowest BCUT2D eigenvalue weighted by molar-refractivity contribution is 0.594. The number of benzene rings is 2. The van der Waals surface area contributed by atoms with Gasteiger partial charge in [0, 0.05) is 16.0 Å². The van der Waals surface area contributed by atoms with Crippen molar-refractivity contribution in [1.29, 1.82) is 5.26 Å². The van der Waals surface area contributed by atoms with Crippen LogP contribution in [-0.4, -0.2) is 14.7 Å². The molecule has 108 valence electrons. The predicted octanol–water partition coefficient (Wildman–Crippen LogP) is 4.01. The summed E-state index contributed by atoms with van der Waals surface area (Å²) in [6.45, 7) is 0. The second-order valence-electron chi connectivity index (χ2n) is 4.20. The average Bonchev–Trinajstić information content (AvgIpc) is 2.44. The van der Waals surface area contributed by atoms with Crippen LogP contribution >= 0.6 is 27.7 Å². The highest BCUT2D eigenvalue weighted by molar-refractivity contribution is 9.10. The molecule has 0 aromatic heterocycles. The quantitative estimate of drug-likeness (QED) is 0.800. The molecule has 0 bridgehead atoms. The van der Waals surface area contributed by atoms with Crippen LogP contribution in [0.5, 0.6) is 0 Å². The summed E-state index contributed by atoms with van der Waals surface area (Å²) in [6, 6.07) is 11.1. The van der Waals surface area contributed by atoms with E-state index in [2.05, 4.69) is 15.9 Å². The Bertz CT molecular complexity index is 827. The largest absolute Gasteiger partial charge is 0.224 e. The Morgan fingerprint density at radius 2 is 1.81 bits per heavy atom. The van der Waals surface area contributed by atoms with Gasteiger partial charge >= 0.3 is 0 Å². The summed E-state index contributed by atoms with van der Waals surface area (Å²) in [7, 11) is -3.24. The number of hydrogen-bond acceptors (Lipinski definition) is 4. The SMILES string of the molecule is CS(=O)(=O)c1ccc(Sc2ccc(C#N)c(Br)c2F)cc1. The molecule has 0 spiro atoms. The fourth-order valence-electron chi connectivity index (χ4n) is 1.58. The average molecular weight is 386 g/mol. The minimum atomic E-state index is -3.24. The normalized spacial score (nSPS) is 11.1. The van der Waals surface area contributed by atoms with E-state index in [1.807, 2.05) is 6.07 Å². The Morgan fingerprint density at radius 3 is 2.33 bits per heavy atom. The van der Waals surface area contributed by atoms with Gasteiger partial charge in [-0.05, 0) is 52.3 Å². The maximum atomic E-state index is 14.1. The van der Waals surface area contributed by atoms with E-state index in [9.17, 15) is 12.8 Å². The summed E-state index contributed by atoms with van der Waals surface area (Å²) >= 11 is 4.21. The fraction of sp³-hybridized carbons (Fsp3) is 0.0714. The van der Waals surface area contributed by atoms with Crippen molar-refractivity contribution in [3.63, 3.8) is 0 Å². The number of sulfone groups is 1. The van der Waals surface area contributed by atoms with Crippen LogP contribution in [0.4, 0.5) is 4.39 Å². The van der Waals surface area contributed by atoms with Gasteiger partial charge in [0.05, 0.1) is 14.9 Å². The monoisotopic (exact) mass is 385 g/mol. The molecule has 0 atom stereocenters. The van der Waals surface area contributed by atoms with Gasteiger partial charge in [-0.3, -0.25) is 0 Å². The topological polar surface area (TPSA) is 57.9 Å². The molecule has 2 rings (SSSR count). The van der Waals surface area contributed by atoms with Crippen molar-refractivity contribution in [3.8, 4) is 6.07 Å². The van der Waals surface area contributed by atoms with Crippen LogP contribution in [-0.2, 0) is 9.84 Å². The number of hydrogen-bond donors (Lipinski definition) is 0. The van der Waals surface area contributed by atoms with Crippen molar-refractivity contribution >= 4 is 37.5 Å². The van der Waals surface area contributed by atoms with E-state index >= 15 is 0 Å². The summed E-state index contributed by atoms with van der Waals surface area (Å²) in [5.74, 6) is -0.508. The van der Waals surface area contributed by atoms with Crippen LogP contribution in [0.25, 0.3) is 0 Å². The van der Waals surface area contributed by atoms with Gasteiger partial charge in [-0.1, -0.05) is 11.8 Å². The second kappa shape index (κ2) is 6.18. The molecule has 0 aliphatic rings. The third kappa shape index (κ3) is 3.64. The highest BCUT2D eigenvalue weighted by atomic mass is 79.9. The van der Waals surface area contributed by atoms with Gasteiger partial charge in [0.2, 0.25) is 0 Å². The van der Waals surface area contributed by atoms with Crippen molar-refractivity contribution in [2.45, 2.75) is 14.7 Å². The minimum absolute atomic E-state index is 0.128. The van der Waals surface area contributed by atoms with E-state index in [-0.39, 0.29) is 14.9 Å². The van der Waals surface area contributed by atoms with E-state index in [1.165, 1.54) is 24.3 Å². The van der Waals surface area contributed by atoms with Gasteiger partial charge in [-0.25, -0.2) is 12.8 Å². The molecule has 7 heteroatoms. The van der Waals surface area contributed by atoms with E-state index in [1.54, 1.807) is 12.1 Å². The first-order valence-electron chi connectivity index (χ1n) is 5.69. The molecule has 2 aromatic carbocycles. The van der Waals surface area contributed by atoms with Crippen molar-refractivity contribution in [2.75, 3.05) is 6.26 Å².